The number of ether oxygens (including phenoxy) is 2. The Morgan fingerprint density at radius 3 is 2.88 bits per heavy atom. The zero-order chi connectivity index (χ0) is 16.8. The van der Waals surface area contributed by atoms with Gasteiger partial charge in [0.15, 0.2) is 17.1 Å². The minimum Gasteiger partial charge on any atom is -0.454 e. The lowest BCUT2D eigenvalue weighted by Gasteiger charge is -2.06. The first-order chi connectivity index (χ1) is 11.6. The molecule has 0 atom stereocenters. The van der Waals surface area contributed by atoms with Crippen molar-refractivity contribution in [3.05, 3.63) is 45.5 Å². The Kier molecular flexibility index (Phi) is 3.31. The third-order valence-electron chi connectivity index (χ3n) is 4.28. The number of aliphatic hydroxyl groups is 1. The summed E-state index contributed by atoms with van der Waals surface area (Å²) in [6.45, 7) is 3.82. The smallest absolute Gasteiger partial charge is 0.276 e. The summed E-state index contributed by atoms with van der Waals surface area (Å²) in [5.41, 5.74) is 4.13. The molecule has 3 heterocycles. The molecule has 0 spiro atoms. The SMILES string of the molecule is Cc1nc2c(-c3ccc4c(c3)OCO4)c(C)[nH]n2c(=O)c1CCO. The number of aryl methyl sites for hydroxylation is 2. The van der Waals surface area contributed by atoms with Crippen LogP contribution in [-0.2, 0) is 6.42 Å². The molecule has 7 heteroatoms. The molecule has 7 nitrogen and oxygen atoms in total. The molecule has 0 unspecified atom stereocenters. The molecule has 1 aliphatic rings. The van der Waals surface area contributed by atoms with E-state index in [1.165, 1.54) is 4.52 Å². The largest absolute Gasteiger partial charge is 0.454 e. The predicted octanol–water partition coefficient (Wildman–Crippen LogP) is 1.57. The highest BCUT2D eigenvalue weighted by Gasteiger charge is 2.20. The van der Waals surface area contributed by atoms with E-state index in [4.69, 9.17) is 14.6 Å². The molecule has 124 valence electrons. The van der Waals surface area contributed by atoms with Gasteiger partial charge in [-0.15, -0.1) is 0 Å². The average Bonchev–Trinajstić information content (AvgIpc) is 3.14. The molecule has 3 aromatic rings. The van der Waals surface area contributed by atoms with Gasteiger partial charge in [-0.2, -0.15) is 0 Å². The summed E-state index contributed by atoms with van der Waals surface area (Å²) in [5, 5.41) is 12.2. The van der Waals surface area contributed by atoms with Crippen LogP contribution in [0, 0.1) is 13.8 Å². The fourth-order valence-corrected chi connectivity index (χ4v) is 3.12. The summed E-state index contributed by atoms with van der Waals surface area (Å²) in [6.07, 6.45) is 0.290. The Morgan fingerprint density at radius 2 is 2.08 bits per heavy atom. The van der Waals surface area contributed by atoms with Gasteiger partial charge in [0.2, 0.25) is 6.79 Å². The first kappa shape index (κ1) is 14.8. The lowest BCUT2D eigenvalue weighted by Crippen LogP contribution is -2.22. The monoisotopic (exact) mass is 327 g/mol. The molecule has 0 bridgehead atoms. The second kappa shape index (κ2) is 5.38. The third kappa shape index (κ3) is 2.09. The van der Waals surface area contributed by atoms with E-state index in [2.05, 4.69) is 10.1 Å². The lowest BCUT2D eigenvalue weighted by molar-refractivity contribution is 0.174. The summed E-state index contributed by atoms with van der Waals surface area (Å²) in [4.78, 5) is 17.3. The van der Waals surface area contributed by atoms with Gasteiger partial charge in [0.25, 0.3) is 5.56 Å². The van der Waals surface area contributed by atoms with Gasteiger partial charge in [-0.1, -0.05) is 6.07 Å². The molecule has 0 aliphatic carbocycles. The van der Waals surface area contributed by atoms with Gasteiger partial charge in [-0.05, 0) is 31.5 Å². The number of nitrogens with one attached hydrogen (secondary N) is 1. The second-order valence-electron chi connectivity index (χ2n) is 5.79. The van der Waals surface area contributed by atoms with E-state index in [1.807, 2.05) is 25.1 Å². The van der Waals surface area contributed by atoms with Crippen molar-refractivity contribution < 1.29 is 14.6 Å². The number of H-pyrrole nitrogens is 1. The Morgan fingerprint density at radius 1 is 1.29 bits per heavy atom. The van der Waals surface area contributed by atoms with Crippen molar-refractivity contribution in [3.8, 4) is 22.6 Å². The summed E-state index contributed by atoms with van der Waals surface area (Å²) in [6, 6.07) is 5.67. The number of hydrogen-bond acceptors (Lipinski definition) is 5. The van der Waals surface area contributed by atoms with Crippen molar-refractivity contribution in [2.75, 3.05) is 13.4 Å². The molecular weight excluding hydrogens is 310 g/mol. The Labute approximate surface area is 137 Å². The molecule has 0 amide bonds. The molecule has 2 aromatic heterocycles. The van der Waals surface area contributed by atoms with Crippen molar-refractivity contribution in [1.29, 1.82) is 0 Å². The maximum atomic E-state index is 12.7. The zero-order valence-corrected chi connectivity index (χ0v) is 13.4. The normalized spacial score (nSPS) is 13.0. The highest BCUT2D eigenvalue weighted by atomic mass is 16.7. The van der Waals surface area contributed by atoms with E-state index in [1.54, 1.807) is 6.92 Å². The predicted molar refractivity (Wildman–Crippen MR) is 87.6 cm³/mol. The summed E-state index contributed by atoms with van der Waals surface area (Å²) >= 11 is 0. The number of aliphatic hydroxyl groups excluding tert-OH is 1. The number of fused-ring (bicyclic) bond motifs is 2. The summed E-state index contributed by atoms with van der Waals surface area (Å²) in [5.74, 6) is 1.39. The van der Waals surface area contributed by atoms with Crippen LogP contribution in [0.4, 0.5) is 0 Å². The highest BCUT2D eigenvalue weighted by Crippen LogP contribution is 2.37. The van der Waals surface area contributed by atoms with Crippen LogP contribution in [0.5, 0.6) is 11.5 Å². The van der Waals surface area contributed by atoms with Crippen LogP contribution in [-0.4, -0.2) is 33.1 Å². The van der Waals surface area contributed by atoms with Crippen LogP contribution >= 0.6 is 0 Å². The molecule has 2 N–H and O–H groups in total. The number of benzene rings is 1. The number of nitrogens with zero attached hydrogens (tertiary/aromatic N) is 2. The van der Waals surface area contributed by atoms with Crippen LogP contribution in [0.1, 0.15) is 17.0 Å². The quantitative estimate of drug-likeness (QED) is 0.762. The maximum absolute atomic E-state index is 12.7. The van der Waals surface area contributed by atoms with E-state index in [0.29, 0.717) is 28.4 Å². The number of hydrogen-bond donors (Lipinski definition) is 2. The summed E-state index contributed by atoms with van der Waals surface area (Å²) < 4.78 is 12.2. The highest BCUT2D eigenvalue weighted by molar-refractivity contribution is 5.81. The first-order valence-electron chi connectivity index (χ1n) is 7.72. The molecule has 4 rings (SSSR count). The molecule has 1 aromatic carbocycles. The zero-order valence-electron chi connectivity index (χ0n) is 13.4. The molecule has 0 radical (unpaired) electrons. The van der Waals surface area contributed by atoms with Gasteiger partial charge in [-0.25, -0.2) is 9.50 Å². The van der Waals surface area contributed by atoms with Gasteiger partial charge in [0, 0.05) is 35.5 Å². The Hall–Kier alpha value is -2.80. The van der Waals surface area contributed by atoms with Crippen molar-refractivity contribution in [2.24, 2.45) is 0 Å². The van der Waals surface area contributed by atoms with Crippen molar-refractivity contribution in [3.63, 3.8) is 0 Å². The second-order valence-corrected chi connectivity index (χ2v) is 5.79. The van der Waals surface area contributed by atoms with Crippen molar-refractivity contribution in [1.82, 2.24) is 14.6 Å². The number of aromatic amines is 1. The Bertz CT molecular complexity index is 1000. The fraction of sp³-hybridized carbons (Fsp3) is 0.294. The molecule has 24 heavy (non-hydrogen) atoms. The van der Waals surface area contributed by atoms with Gasteiger partial charge in [-0.3, -0.25) is 9.89 Å². The van der Waals surface area contributed by atoms with Gasteiger partial charge in [0.1, 0.15) is 0 Å². The van der Waals surface area contributed by atoms with Gasteiger partial charge < -0.3 is 14.6 Å². The van der Waals surface area contributed by atoms with Crippen molar-refractivity contribution in [2.45, 2.75) is 20.3 Å². The average molecular weight is 327 g/mol. The lowest BCUT2D eigenvalue weighted by atomic mass is 10.1. The van der Waals surface area contributed by atoms with E-state index < -0.39 is 0 Å². The third-order valence-corrected chi connectivity index (χ3v) is 4.28. The van der Waals surface area contributed by atoms with E-state index in [0.717, 1.165) is 16.8 Å². The molecule has 1 aliphatic heterocycles. The topological polar surface area (TPSA) is 88.9 Å². The first-order valence-corrected chi connectivity index (χ1v) is 7.72. The minimum absolute atomic E-state index is 0.0848. The van der Waals surface area contributed by atoms with E-state index >= 15 is 0 Å². The van der Waals surface area contributed by atoms with E-state index in [-0.39, 0.29) is 25.4 Å². The molecule has 0 saturated heterocycles. The molecular formula is C17H17N3O4. The van der Waals surface area contributed by atoms with E-state index in [9.17, 15) is 4.79 Å². The number of rotatable bonds is 3. The van der Waals surface area contributed by atoms with Crippen LogP contribution in [0.25, 0.3) is 16.8 Å². The fourth-order valence-electron chi connectivity index (χ4n) is 3.12. The van der Waals surface area contributed by atoms with Crippen molar-refractivity contribution >= 4 is 5.65 Å². The standard InChI is InChI=1S/C17H17N3O4/c1-9-12(5-6-21)17(22)20-16(18-9)15(10(2)19-20)11-3-4-13-14(7-11)24-8-23-13/h3-4,7,19,21H,5-6,8H2,1-2H3. The van der Waals surface area contributed by atoms with Gasteiger partial charge in [0.05, 0.1) is 0 Å². The Balaban J connectivity index is 1.96. The summed E-state index contributed by atoms with van der Waals surface area (Å²) in [7, 11) is 0. The van der Waals surface area contributed by atoms with Crippen LogP contribution in [0.2, 0.25) is 0 Å². The van der Waals surface area contributed by atoms with Crippen LogP contribution < -0.4 is 15.0 Å². The van der Waals surface area contributed by atoms with Crippen LogP contribution in [0.15, 0.2) is 23.0 Å². The maximum Gasteiger partial charge on any atom is 0.276 e. The minimum atomic E-state index is -0.179. The number of aromatic nitrogens is 3. The molecule has 0 saturated carbocycles. The van der Waals surface area contributed by atoms with Crippen LogP contribution in [0.3, 0.4) is 0 Å². The molecule has 0 fully saturated rings. The van der Waals surface area contributed by atoms with Gasteiger partial charge >= 0.3 is 0 Å².